The molecule has 2 heteroatoms. The van der Waals surface area contributed by atoms with Gasteiger partial charge in [-0.3, -0.25) is 4.90 Å². The number of rotatable bonds is 1. The molecule has 2 aliphatic rings. The van der Waals surface area contributed by atoms with Gasteiger partial charge in [0.05, 0.1) is 5.54 Å². The van der Waals surface area contributed by atoms with Crippen LogP contribution < -0.4 is 0 Å². The Morgan fingerprint density at radius 2 is 1.81 bits per heavy atom. The summed E-state index contributed by atoms with van der Waals surface area (Å²) in [5, 5.41) is 0. The summed E-state index contributed by atoms with van der Waals surface area (Å²) in [5.41, 5.74) is 0.514. The first-order valence-electron chi connectivity index (χ1n) is 5.97. The third kappa shape index (κ3) is 1.18. The maximum absolute atomic E-state index is 5.93. The summed E-state index contributed by atoms with van der Waals surface area (Å²) < 4.78 is 0. The zero-order valence-corrected chi connectivity index (χ0v) is 11.9. The van der Waals surface area contributed by atoms with E-state index >= 15 is 0 Å². The van der Waals surface area contributed by atoms with Crippen LogP contribution in [0.2, 0.25) is 0 Å². The average Bonchev–Trinajstić information content (AvgIpc) is 2.55. The van der Waals surface area contributed by atoms with Crippen LogP contribution in [0.3, 0.4) is 0 Å². The van der Waals surface area contributed by atoms with Crippen LogP contribution >= 0.6 is 12.4 Å². The molecule has 0 aromatic carbocycles. The minimum absolute atomic E-state index is 0. The lowest BCUT2D eigenvalue weighted by atomic mass is 9.58. The van der Waals surface area contributed by atoms with Gasteiger partial charge in [-0.15, -0.1) is 18.8 Å². The van der Waals surface area contributed by atoms with E-state index in [0.29, 0.717) is 5.41 Å². The summed E-state index contributed by atoms with van der Waals surface area (Å²) in [4.78, 5) is 2.30. The highest BCUT2D eigenvalue weighted by Gasteiger charge is 2.69. The summed E-state index contributed by atoms with van der Waals surface area (Å²) in [7, 11) is 4.29. The lowest BCUT2D eigenvalue weighted by Gasteiger charge is -2.54. The molecule has 16 heavy (non-hydrogen) atoms. The van der Waals surface area contributed by atoms with Crippen molar-refractivity contribution >= 4 is 12.4 Å². The molecule has 2 rings (SSSR count). The second-order valence-electron chi connectivity index (χ2n) is 6.47. The van der Waals surface area contributed by atoms with E-state index in [1.54, 1.807) is 0 Å². The third-order valence-electron chi connectivity index (χ3n) is 5.45. The molecule has 3 unspecified atom stereocenters. The van der Waals surface area contributed by atoms with E-state index in [9.17, 15) is 0 Å². The first-order chi connectivity index (χ1) is 6.82. The molecule has 0 aromatic heterocycles. The molecular formula is C14H24ClN. The molecule has 0 saturated heterocycles. The van der Waals surface area contributed by atoms with Gasteiger partial charge in [-0.25, -0.2) is 0 Å². The zero-order chi connectivity index (χ0) is 11.5. The van der Waals surface area contributed by atoms with Crippen molar-refractivity contribution in [2.24, 2.45) is 16.7 Å². The van der Waals surface area contributed by atoms with Crippen molar-refractivity contribution in [3.8, 4) is 12.3 Å². The minimum atomic E-state index is -0.0527. The second-order valence-corrected chi connectivity index (χ2v) is 6.47. The molecule has 3 atom stereocenters. The molecule has 0 spiro atoms. The Balaban J connectivity index is 0.00000128. The summed E-state index contributed by atoms with van der Waals surface area (Å²) in [6, 6.07) is 0. The zero-order valence-electron chi connectivity index (χ0n) is 11.1. The Morgan fingerprint density at radius 3 is 2.06 bits per heavy atom. The fraction of sp³-hybridized carbons (Fsp3) is 0.857. The summed E-state index contributed by atoms with van der Waals surface area (Å²) in [6.07, 6.45) is 9.89. The van der Waals surface area contributed by atoms with E-state index in [1.807, 2.05) is 0 Å². The minimum Gasteiger partial charge on any atom is -0.293 e. The highest BCUT2D eigenvalue weighted by atomic mass is 35.5. The summed E-state index contributed by atoms with van der Waals surface area (Å²) in [5.74, 6) is 3.97. The van der Waals surface area contributed by atoms with E-state index in [4.69, 9.17) is 6.42 Å². The first-order valence-corrected chi connectivity index (χ1v) is 5.97. The van der Waals surface area contributed by atoms with E-state index in [0.717, 1.165) is 5.92 Å². The molecule has 0 heterocycles. The maximum atomic E-state index is 5.93. The molecule has 2 aliphatic carbocycles. The molecule has 0 N–H and O–H groups in total. The monoisotopic (exact) mass is 241 g/mol. The molecule has 2 saturated carbocycles. The van der Waals surface area contributed by atoms with Gasteiger partial charge in [0.15, 0.2) is 0 Å². The molecule has 2 fully saturated rings. The fourth-order valence-corrected chi connectivity index (χ4v) is 4.86. The Hall–Kier alpha value is -0.190. The van der Waals surface area contributed by atoms with Crippen molar-refractivity contribution in [2.75, 3.05) is 14.1 Å². The van der Waals surface area contributed by atoms with Gasteiger partial charge in [0.2, 0.25) is 0 Å². The van der Waals surface area contributed by atoms with Crippen molar-refractivity contribution in [1.82, 2.24) is 4.90 Å². The van der Waals surface area contributed by atoms with Gasteiger partial charge in [0, 0.05) is 0 Å². The van der Waals surface area contributed by atoms with Crippen molar-refractivity contribution < 1.29 is 0 Å². The Labute approximate surface area is 106 Å². The molecule has 0 amide bonds. The lowest BCUT2D eigenvalue weighted by molar-refractivity contribution is -0.0240. The van der Waals surface area contributed by atoms with E-state index < -0.39 is 0 Å². The third-order valence-corrected chi connectivity index (χ3v) is 5.45. The lowest BCUT2D eigenvalue weighted by Crippen LogP contribution is -2.61. The van der Waals surface area contributed by atoms with Crippen LogP contribution in [0.4, 0.5) is 0 Å². The molecule has 2 bridgehead atoms. The molecule has 1 nitrogen and oxygen atoms in total. The van der Waals surface area contributed by atoms with E-state index in [1.165, 1.54) is 19.3 Å². The van der Waals surface area contributed by atoms with E-state index in [-0.39, 0.29) is 23.4 Å². The smallest absolute Gasteiger partial charge is 0.0926 e. The number of hydrogen-bond acceptors (Lipinski definition) is 1. The predicted octanol–water partition coefficient (Wildman–Crippen LogP) is 3.19. The van der Waals surface area contributed by atoms with Gasteiger partial charge in [-0.05, 0) is 50.1 Å². The standard InChI is InChI=1S/C14H23N.ClH/c1-7-14(15(5)6)12(2,3)11-8-9-13(14,4)10-11;/h1,11H,8-10H2,2-6H3;1H. The van der Waals surface area contributed by atoms with Gasteiger partial charge >= 0.3 is 0 Å². The quantitative estimate of drug-likeness (QED) is 0.638. The first kappa shape index (κ1) is 13.9. The highest BCUT2D eigenvalue weighted by Crippen LogP contribution is 2.69. The Bertz CT molecular complexity index is 321. The molecular weight excluding hydrogens is 218 g/mol. The van der Waals surface area contributed by atoms with Crippen molar-refractivity contribution in [3.05, 3.63) is 0 Å². The number of halogens is 1. The van der Waals surface area contributed by atoms with Gasteiger partial charge in [0.25, 0.3) is 0 Å². The number of fused-ring (bicyclic) bond motifs is 2. The Kier molecular flexibility index (Phi) is 3.17. The largest absolute Gasteiger partial charge is 0.293 e. The molecule has 0 radical (unpaired) electrons. The van der Waals surface area contributed by atoms with Crippen molar-refractivity contribution in [3.63, 3.8) is 0 Å². The summed E-state index contributed by atoms with van der Waals surface area (Å²) in [6.45, 7) is 7.12. The second kappa shape index (κ2) is 3.65. The van der Waals surface area contributed by atoms with Crippen LogP contribution in [-0.4, -0.2) is 24.5 Å². The van der Waals surface area contributed by atoms with Gasteiger partial charge in [0.1, 0.15) is 0 Å². The van der Waals surface area contributed by atoms with Crippen LogP contribution in [0.25, 0.3) is 0 Å². The van der Waals surface area contributed by atoms with Crippen LogP contribution in [0.5, 0.6) is 0 Å². The summed E-state index contributed by atoms with van der Waals surface area (Å²) >= 11 is 0. The van der Waals surface area contributed by atoms with Crippen LogP contribution in [0.1, 0.15) is 40.0 Å². The normalized spacial score (nSPS) is 44.2. The van der Waals surface area contributed by atoms with Crippen LogP contribution in [0.15, 0.2) is 0 Å². The SMILES string of the molecule is C#CC1(N(C)C)C2(C)CCC(C2)C1(C)C.Cl. The average molecular weight is 242 g/mol. The number of nitrogens with zero attached hydrogens (tertiary/aromatic N) is 1. The number of terminal acetylenes is 1. The van der Waals surface area contributed by atoms with Crippen molar-refractivity contribution in [2.45, 2.75) is 45.6 Å². The van der Waals surface area contributed by atoms with Gasteiger partial charge in [-0.2, -0.15) is 0 Å². The van der Waals surface area contributed by atoms with Crippen LogP contribution in [0, 0.1) is 29.1 Å². The molecule has 92 valence electrons. The van der Waals surface area contributed by atoms with E-state index in [2.05, 4.69) is 45.7 Å². The Morgan fingerprint density at radius 1 is 1.25 bits per heavy atom. The number of hydrogen-bond donors (Lipinski definition) is 0. The highest BCUT2D eigenvalue weighted by molar-refractivity contribution is 5.85. The van der Waals surface area contributed by atoms with Crippen LogP contribution in [-0.2, 0) is 0 Å². The van der Waals surface area contributed by atoms with Gasteiger partial charge < -0.3 is 0 Å². The fourth-order valence-electron chi connectivity index (χ4n) is 4.86. The maximum Gasteiger partial charge on any atom is 0.0926 e. The van der Waals surface area contributed by atoms with Crippen molar-refractivity contribution in [1.29, 1.82) is 0 Å². The molecule has 0 aromatic rings. The topological polar surface area (TPSA) is 3.24 Å². The predicted molar refractivity (Wildman–Crippen MR) is 71.7 cm³/mol. The molecule has 0 aliphatic heterocycles. The van der Waals surface area contributed by atoms with Gasteiger partial charge in [-0.1, -0.05) is 26.7 Å².